The van der Waals surface area contributed by atoms with Gasteiger partial charge in [0.15, 0.2) is 11.5 Å². The Kier molecular flexibility index (Phi) is 4.77. The van der Waals surface area contributed by atoms with Crippen LogP contribution in [0.3, 0.4) is 0 Å². The van der Waals surface area contributed by atoms with E-state index in [2.05, 4.69) is 24.0 Å². The van der Waals surface area contributed by atoms with Gasteiger partial charge < -0.3 is 9.84 Å². The number of aryl methyl sites for hydroxylation is 1. The summed E-state index contributed by atoms with van der Waals surface area (Å²) in [5.74, 6) is 0.612. The second-order valence-electron chi connectivity index (χ2n) is 4.41. The van der Waals surface area contributed by atoms with Gasteiger partial charge in [-0.05, 0) is 43.2 Å². The van der Waals surface area contributed by atoms with Crippen LogP contribution in [0.25, 0.3) is 0 Å². The van der Waals surface area contributed by atoms with Crippen LogP contribution in [0.4, 0.5) is 5.69 Å². The molecule has 20 heavy (non-hydrogen) atoms. The molecular formula is C17H19NO2. The van der Waals surface area contributed by atoms with E-state index in [1.165, 1.54) is 5.56 Å². The van der Waals surface area contributed by atoms with E-state index in [1.807, 2.05) is 31.2 Å². The summed E-state index contributed by atoms with van der Waals surface area (Å²) in [4.78, 5) is 4.37. The molecule has 3 nitrogen and oxygen atoms in total. The van der Waals surface area contributed by atoms with Gasteiger partial charge in [0, 0.05) is 11.8 Å². The third-order valence-corrected chi connectivity index (χ3v) is 3.03. The van der Waals surface area contributed by atoms with Crippen LogP contribution in [0.15, 0.2) is 47.5 Å². The van der Waals surface area contributed by atoms with E-state index in [0.717, 1.165) is 12.1 Å². The quantitative estimate of drug-likeness (QED) is 0.830. The molecular weight excluding hydrogens is 250 g/mol. The smallest absolute Gasteiger partial charge is 0.166 e. The lowest BCUT2D eigenvalue weighted by molar-refractivity contribution is 0.318. The molecule has 104 valence electrons. The minimum Gasteiger partial charge on any atom is -0.504 e. The molecule has 0 aromatic heterocycles. The Morgan fingerprint density at radius 3 is 2.50 bits per heavy atom. The number of hydrogen-bond acceptors (Lipinski definition) is 3. The molecule has 0 aliphatic heterocycles. The van der Waals surface area contributed by atoms with Gasteiger partial charge in [-0.3, -0.25) is 4.99 Å². The van der Waals surface area contributed by atoms with Crippen molar-refractivity contribution in [1.29, 1.82) is 0 Å². The first-order chi connectivity index (χ1) is 9.74. The first-order valence-electron chi connectivity index (χ1n) is 6.82. The lowest BCUT2D eigenvalue weighted by Gasteiger charge is -2.07. The Morgan fingerprint density at radius 1 is 1.10 bits per heavy atom. The maximum absolute atomic E-state index is 10.1. The lowest BCUT2D eigenvalue weighted by Crippen LogP contribution is -1.93. The van der Waals surface area contributed by atoms with Gasteiger partial charge in [0.25, 0.3) is 0 Å². The van der Waals surface area contributed by atoms with E-state index in [0.29, 0.717) is 17.9 Å². The minimum atomic E-state index is 0.128. The van der Waals surface area contributed by atoms with Crippen LogP contribution in [0.5, 0.6) is 11.5 Å². The van der Waals surface area contributed by atoms with Gasteiger partial charge in [-0.1, -0.05) is 25.1 Å². The molecule has 3 heteroatoms. The number of phenols is 1. The van der Waals surface area contributed by atoms with Crippen LogP contribution in [0, 0.1) is 0 Å². The van der Waals surface area contributed by atoms with Crippen molar-refractivity contribution in [2.75, 3.05) is 6.61 Å². The van der Waals surface area contributed by atoms with E-state index < -0.39 is 0 Å². The molecule has 2 aromatic rings. The van der Waals surface area contributed by atoms with Gasteiger partial charge >= 0.3 is 0 Å². The van der Waals surface area contributed by atoms with Crippen LogP contribution >= 0.6 is 0 Å². The van der Waals surface area contributed by atoms with Gasteiger partial charge in [0.05, 0.1) is 12.3 Å². The molecule has 1 N–H and O–H groups in total. The number of hydrogen-bond donors (Lipinski definition) is 1. The van der Waals surface area contributed by atoms with Crippen molar-refractivity contribution in [1.82, 2.24) is 0 Å². The maximum atomic E-state index is 10.1. The fourth-order valence-electron chi connectivity index (χ4n) is 1.88. The van der Waals surface area contributed by atoms with Gasteiger partial charge in [-0.15, -0.1) is 0 Å². The highest BCUT2D eigenvalue weighted by atomic mass is 16.5. The number of rotatable bonds is 5. The summed E-state index contributed by atoms with van der Waals surface area (Å²) in [5.41, 5.74) is 2.80. The summed E-state index contributed by atoms with van der Waals surface area (Å²) in [5, 5.41) is 10.1. The number of ether oxygens (including phenoxy) is 1. The maximum Gasteiger partial charge on any atom is 0.166 e. The summed E-state index contributed by atoms with van der Waals surface area (Å²) in [6.45, 7) is 4.53. The number of aliphatic imine (C=N–C) groups is 1. The highest BCUT2D eigenvalue weighted by Crippen LogP contribution is 2.29. The monoisotopic (exact) mass is 269 g/mol. The fourth-order valence-corrected chi connectivity index (χ4v) is 1.88. The molecule has 0 fully saturated rings. The summed E-state index contributed by atoms with van der Waals surface area (Å²) >= 11 is 0. The van der Waals surface area contributed by atoms with Crippen LogP contribution in [-0.2, 0) is 6.42 Å². The Bertz CT molecular complexity index is 588. The SMILES string of the molecule is CCOc1cccc(C=Nc2ccc(CC)cc2)c1O. The highest BCUT2D eigenvalue weighted by molar-refractivity contribution is 5.86. The average Bonchev–Trinajstić information content (AvgIpc) is 2.49. The predicted molar refractivity (Wildman–Crippen MR) is 82.3 cm³/mol. The van der Waals surface area contributed by atoms with Crippen molar-refractivity contribution in [3.05, 3.63) is 53.6 Å². The topological polar surface area (TPSA) is 41.8 Å². The van der Waals surface area contributed by atoms with Crippen molar-refractivity contribution >= 4 is 11.9 Å². The van der Waals surface area contributed by atoms with Crippen molar-refractivity contribution < 1.29 is 9.84 Å². The third-order valence-electron chi connectivity index (χ3n) is 3.03. The van der Waals surface area contributed by atoms with E-state index in [1.54, 1.807) is 12.3 Å². The lowest BCUT2D eigenvalue weighted by atomic mass is 10.1. The molecule has 0 spiro atoms. The minimum absolute atomic E-state index is 0.128. The first-order valence-corrected chi connectivity index (χ1v) is 6.82. The summed E-state index contributed by atoms with van der Waals surface area (Å²) in [7, 11) is 0. The van der Waals surface area contributed by atoms with Gasteiger partial charge in [-0.2, -0.15) is 0 Å². The molecule has 0 aliphatic carbocycles. The number of phenolic OH excluding ortho intramolecular Hbond substituents is 1. The van der Waals surface area contributed by atoms with Crippen molar-refractivity contribution in [3.63, 3.8) is 0 Å². The average molecular weight is 269 g/mol. The number of nitrogens with zero attached hydrogens (tertiary/aromatic N) is 1. The third kappa shape index (κ3) is 3.38. The van der Waals surface area contributed by atoms with Gasteiger partial charge in [-0.25, -0.2) is 0 Å². The van der Waals surface area contributed by atoms with E-state index in [4.69, 9.17) is 4.74 Å². The molecule has 0 saturated heterocycles. The van der Waals surface area contributed by atoms with E-state index in [-0.39, 0.29) is 5.75 Å². The molecule has 0 bridgehead atoms. The zero-order valence-corrected chi connectivity index (χ0v) is 11.8. The number of benzene rings is 2. The molecule has 0 atom stereocenters. The van der Waals surface area contributed by atoms with Crippen molar-refractivity contribution in [2.24, 2.45) is 4.99 Å². The summed E-state index contributed by atoms with van der Waals surface area (Å²) < 4.78 is 5.35. The molecule has 0 radical (unpaired) electrons. The zero-order chi connectivity index (χ0) is 14.4. The molecule has 2 aromatic carbocycles. The van der Waals surface area contributed by atoms with Crippen molar-refractivity contribution in [3.8, 4) is 11.5 Å². The fraction of sp³-hybridized carbons (Fsp3) is 0.235. The van der Waals surface area contributed by atoms with Crippen LogP contribution in [0.2, 0.25) is 0 Å². The standard InChI is InChI=1S/C17H19NO2/c1-3-13-8-10-15(11-9-13)18-12-14-6-5-7-16(17(14)19)20-4-2/h5-12,19H,3-4H2,1-2H3. The largest absolute Gasteiger partial charge is 0.504 e. The van der Waals surface area contributed by atoms with Crippen LogP contribution in [0.1, 0.15) is 25.0 Å². The molecule has 0 amide bonds. The molecule has 2 rings (SSSR count). The Labute approximate surface area is 119 Å². The zero-order valence-electron chi connectivity index (χ0n) is 11.8. The van der Waals surface area contributed by atoms with Gasteiger partial charge in [0.2, 0.25) is 0 Å². The van der Waals surface area contributed by atoms with E-state index in [9.17, 15) is 5.11 Å². The Balaban J connectivity index is 2.20. The molecule has 0 aliphatic rings. The summed E-state index contributed by atoms with van der Waals surface area (Å²) in [6.07, 6.45) is 2.67. The molecule has 0 unspecified atom stereocenters. The highest BCUT2D eigenvalue weighted by Gasteiger charge is 2.05. The van der Waals surface area contributed by atoms with Crippen molar-refractivity contribution in [2.45, 2.75) is 20.3 Å². The normalized spacial score (nSPS) is 10.9. The molecule has 0 saturated carbocycles. The number of para-hydroxylation sites is 1. The number of aromatic hydroxyl groups is 1. The second kappa shape index (κ2) is 6.75. The first kappa shape index (κ1) is 14.1. The Hall–Kier alpha value is -2.29. The Morgan fingerprint density at radius 2 is 1.85 bits per heavy atom. The summed E-state index contributed by atoms with van der Waals surface area (Å²) in [6, 6.07) is 13.4. The van der Waals surface area contributed by atoms with Crippen LogP contribution < -0.4 is 4.74 Å². The predicted octanol–water partition coefficient (Wildman–Crippen LogP) is 4.10. The second-order valence-corrected chi connectivity index (χ2v) is 4.41. The van der Waals surface area contributed by atoms with Crippen LogP contribution in [-0.4, -0.2) is 17.9 Å². The van der Waals surface area contributed by atoms with E-state index >= 15 is 0 Å². The van der Waals surface area contributed by atoms with Gasteiger partial charge in [0.1, 0.15) is 0 Å². The molecule has 0 heterocycles.